The van der Waals surface area contributed by atoms with Crippen molar-refractivity contribution in [3.63, 3.8) is 0 Å². The summed E-state index contributed by atoms with van der Waals surface area (Å²) in [4.78, 5) is 31.6. The number of hydrogen-bond donors (Lipinski definition) is 3. The molecule has 2 atom stereocenters. The van der Waals surface area contributed by atoms with Gasteiger partial charge in [-0.1, -0.05) is 88.5 Å². The molecule has 0 bridgehead atoms. The van der Waals surface area contributed by atoms with Crippen LogP contribution in [0.15, 0.2) is 60.8 Å². The fourth-order valence-corrected chi connectivity index (χ4v) is 5.75. The van der Waals surface area contributed by atoms with Gasteiger partial charge in [-0.05, 0) is 83.1 Å². The van der Waals surface area contributed by atoms with E-state index in [1.54, 1.807) is 11.3 Å². The summed E-state index contributed by atoms with van der Waals surface area (Å²) in [7, 11) is 0. The molecule has 0 fully saturated rings. The Kier molecular flexibility index (Phi) is 18.4. The van der Waals surface area contributed by atoms with Gasteiger partial charge < -0.3 is 16.0 Å². The standard InChI is InChI=1S/C35H54N4O2S/c1-5-7-8-9-10-11-12-13-14-15-16-17-18-19-20-21-22-23-32(40)38-33(28(3)4)34(41)39-35-37-30-25-24-29(36-26-6-2)27-31(30)42-35/h7-8,10-11,13-14,16-17,19-20,28-29,33,36H,5-6,9,12,15,18,21-27H2,1-4H3,(H,38,40)(H,37,39,41)/t29-,33+/m1/s1. The number of allylic oxidation sites excluding steroid dienone is 10. The van der Waals surface area contributed by atoms with Crippen LogP contribution in [-0.4, -0.2) is 35.4 Å². The molecule has 0 aliphatic heterocycles. The monoisotopic (exact) mass is 594 g/mol. The lowest BCUT2D eigenvalue weighted by Gasteiger charge is -2.21. The van der Waals surface area contributed by atoms with E-state index in [2.05, 4.69) is 95.5 Å². The molecule has 1 heterocycles. The van der Waals surface area contributed by atoms with E-state index < -0.39 is 6.04 Å². The lowest BCUT2D eigenvalue weighted by atomic mass is 9.98. The Morgan fingerprint density at radius 2 is 1.55 bits per heavy atom. The van der Waals surface area contributed by atoms with E-state index in [9.17, 15) is 9.59 Å². The fourth-order valence-electron chi connectivity index (χ4n) is 4.66. The van der Waals surface area contributed by atoms with E-state index in [4.69, 9.17) is 0 Å². The van der Waals surface area contributed by atoms with Gasteiger partial charge >= 0.3 is 0 Å². The maximum absolute atomic E-state index is 13.0. The van der Waals surface area contributed by atoms with Crippen molar-refractivity contribution in [1.82, 2.24) is 15.6 Å². The molecule has 1 aliphatic rings. The summed E-state index contributed by atoms with van der Waals surface area (Å²) in [5, 5.41) is 10.2. The van der Waals surface area contributed by atoms with Gasteiger partial charge in [-0.3, -0.25) is 9.59 Å². The van der Waals surface area contributed by atoms with Crippen molar-refractivity contribution in [2.24, 2.45) is 5.92 Å². The van der Waals surface area contributed by atoms with Gasteiger partial charge in [0.25, 0.3) is 0 Å². The summed E-state index contributed by atoms with van der Waals surface area (Å²) < 4.78 is 0. The van der Waals surface area contributed by atoms with E-state index in [0.29, 0.717) is 17.6 Å². The normalized spacial score (nSPS) is 16.5. The molecule has 7 heteroatoms. The van der Waals surface area contributed by atoms with Crippen LogP contribution in [0.2, 0.25) is 0 Å². The van der Waals surface area contributed by atoms with E-state index in [1.165, 1.54) is 4.88 Å². The molecule has 1 aromatic rings. The Balaban J connectivity index is 1.63. The predicted molar refractivity (Wildman–Crippen MR) is 180 cm³/mol. The van der Waals surface area contributed by atoms with Gasteiger partial charge in [0.2, 0.25) is 11.8 Å². The predicted octanol–water partition coefficient (Wildman–Crippen LogP) is 8.00. The number of rotatable bonds is 20. The average Bonchev–Trinajstić information content (AvgIpc) is 3.37. The van der Waals surface area contributed by atoms with E-state index in [-0.39, 0.29) is 17.7 Å². The molecule has 0 unspecified atom stereocenters. The zero-order chi connectivity index (χ0) is 30.4. The summed E-state index contributed by atoms with van der Waals surface area (Å²) in [5.74, 6) is -0.292. The van der Waals surface area contributed by atoms with Crippen LogP contribution in [0.3, 0.4) is 0 Å². The van der Waals surface area contributed by atoms with Gasteiger partial charge in [-0.15, -0.1) is 11.3 Å². The first-order valence-corrected chi connectivity index (χ1v) is 16.8. The Labute approximate surface area is 258 Å². The number of carbonyl (C=O) groups is 2. The molecule has 0 aromatic carbocycles. The number of anilines is 1. The van der Waals surface area contributed by atoms with Crippen LogP contribution in [-0.2, 0) is 22.4 Å². The quantitative estimate of drug-likeness (QED) is 0.106. The second-order valence-corrected chi connectivity index (χ2v) is 12.2. The zero-order valence-electron chi connectivity index (χ0n) is 26.4. The smallest absolute Gasteiger partial charge is 0.248 e. The van der Waals surface area contributed by atoms with Crippen LogP contribution in [0.4, 0.5) is 5.13 Å². The van der Waals surface area contributed by atoms with Gasteiger partial charge in [-0.25, -0.2) is 4.98 Å². The molecule has 0 saturated heterocycles. The topological polar surface area (TPSA) is 83.1 Å². The number of fused-ring (bicyclic) bond motifs is 1. The number of aromatic nitrogens is 1. The molecule has 42 heavy (non-hydrogen) atoms. The number of carbonyl (C=O) groups excluding carboxylic acids is 2. The molecule has 1 aromatic heterocycles. The lowest BCUT2D eigenvalue weighted by molar-refractivity contribution is -0.127. The number of hydrogen-bond acceptors (Lipinski definition) is 5. The highest BCUT2D eigenvalue weighted by Gasteiger charge is 2.27. The first-order valence-electron chi connectivity index (χ1n) is 16.0. The highest BCUT2D eigenvalue weighted by atomic mass is 32.1. The third-order valence-corrected chi connectivity index (χ3v) is 8.09. The molecule has 2 amide bonds. The number of amides is 2. The highest BCUT2D eigenvalue weighted by molar-refractivity contribution is 7.15. The van der Waals surface area contributed by atoms with Gasteiger partial charge in [-0.2, -0.15) is 0 Å². The average molecular weight is 595 g/mol. The minimum Gasteiger partial charge on any atom is -0.344 e. The molecule has 0 spiro atoms. The first kappa shape index (κ1) is 35.4. The lowest BCUT2D eigenvalue weighted by Crippen LogP contribution is -2.47. The van der Waals surface area contributed by atoms with Crippen molar-refractivity contribution < 1.29 is 9.59 Å². The molecule has 2 rings (SSSR count). The Hall–Kier alpha value is -2.77. The molecule has 6 nitrogen and oxygen atoms in total. The summed E-state index contributed by atoms with van der Waals surface area (Å²) in [6, 6.07) is -0.0927. The molecule has 3 N–H and O–H groups in total. The third-order valence-electron chi connectivity index (χ3n) is 7.05. The molecular weight excluding hydrogens is 540 g/mol. The summed E-state index contributed by atoms with van der Waals surface area (Å²) >= 11 is 1.57. The molecule has 232 valence electrons. The minimum absolute atomic E-state index is 0.0165. The van der Waals surface area contributed by atoms with Crippen LogP contribution in [0, 0.1) is 5.92 Å². The van der Waals surface area contributed by atoms with Crippen LogP contribution < -0.4 is 16.0 Å². The zero-order valence-corrected chi connectivity index (χ0v) is 27.2. The molecule has 0 radical (unpaired) electrons. The Morgan fingerprint density at radius 3 is 2.14 bits per heavy atom. The Morgan fingerprint density at radius 1 is 0.929 bits per heavy atom. The highest BCUT2D eigenvalue weighted by Crippen LogP contribution is 2.30. The third kappa shape index (κ3) is 14.9. The van der Waals surface area contributed by atoms with Crippen molar-refractivity contribution in [2.45, 2.75) is 117 Å². The summed E-state index contributed by atoms with van der Waals surface area (Å²) in [6.07, 6.45) is 32.9. The molecule has 0 saturated carbocycles. The Bertz CT molecular complexity index is 1070. The number of unbranched alkanes of at least 4 members (excludes halogenated alkanes) is 1. The van der Waals surface area contributed by atoms with E-state index >= 15 is 0 Å². The number of nitrogens with zero attached hydrogens (tertiary/aromatic N) is 1. The second kappa shape index (κ2) is 21.9. The minimum atomic E-state index is -0.578. The summed E-state index contributed by atoms with van der Waals surface area (Å²) in [5.41, 5.74) is 1.10. The van der Waals surface area contributed by atoms with Crippen molar-refractivity contribution in [3.05, 3.63) is 71.3 Å². The maximum atomic E-state index is 13.0. The molecular formula is C35H54N4O2S. The van der Waals surface area contributed by atoms with E-state index in [0.717, 1.165) is 82.9 Å². The van der Waals surface area contributed by atoms with Crippen LogP contribution in [0.5, 0.6) is 0 Å². The second-order valence-electron chi connectivity index (χ2n) is 11.2. The first-order chi connectivity index (χ1) is 20.4. The fraction of sp³-hybridized carbons (Fsp3) is 0.571. The maximum Gasteiger partial charge on any atom is 0.248 e. The number of nitrogens with one attached hydrogen (secondary N) is 3. The van der Waals surface area contributed by atoms with Gasteiger partial charge in [0.1, 0.15) is 6.04 Å². The van der Waals surface area contributed by atoms with Crippen molar-refractivity contribution in [1.29, 1.82) is 0 Å². The van der Waals surface area contributed by atoms with E-state index in [1.807, 2.05) is 13.8 Å². The van der Waals surface area contributed by atoms with Crippen molar-refractivity contribution in [3.8, 4) is 0 Å². The van der Waals surface area contributed by atoms with Crippen molar-refractivity contribution in [2.75, 3.05) is 11.9 Å². The number of thiazole rings is 1. The van der Waals surface area contributed by atoms with Gasteiger partial charge in [0, 0.05) is 17.3 Å². The largest absolute Gasteiger partial charge is 0.344 e. The van der Waals surface area contributed by atoms with Gasteiger partial charge in [0.15, 0.2) is 5.13 Å². The molecule has 1 aliphatic carbocycles. The van der Waals surface area contributed by atoms with Crippen LogP contribution >= 0.6 is 11.3 Å². The van der Waals surface area contributed by atoms with Gasteiger partial charge in [0.05, 0.1) is 5.69 Å². The van der Waals surface area contributed by atoms with Crippen molar-refractivity contribution >= 4 is 28.3 Å². The van der Waals surface area contributed by atoms with Crippen LogP contribution in [0.1, 0.15) is 102 Å². The number of aryl methyl sites for hydroxylation is 1. The SMILES string of the molecule is CCC=CCC=CCC=CCC=CCC=CCCCC(=O)N[C@H](C(=O)Nc1nc2c(s1)C[C@H](NCCC)CC2)C(C)C. The van der Waals surface area contributed by atoms with Crippen LogP contribution in [0.25, 0.3) is 0 Å². The summed E-state index contributed by atoms with van der Waals surface area (Å²) in [6.45, 7) is 9.27.